The maximum Gasteiger partial charge on any atom is 0.350 e. The highest BCUT2D eigenvalue weighted by atomic mass is 35.5. The smallest absolute Gasteiger partial charge is 0.350 e. The summed E-state index contributed by atoms with van der Waals surface area (Å²) in [5, 5.41) is 10.2. The second kappa shape index (κ2) is 12.5. The number of ether oxygens (including phenoxy) is 2. The quantitative estimate of drug-likeness (QED) is 0.196. The number of anilines is 1. The number of hydrogen-bond donors (Lipinski definition) is 1. The molecule has 1 aliphatic rings. The second-order valence-corrected chi connectivity index (χ2v) is 10.3. The Labute approximate surface area is 234 Å². The Bertz CT molecular complexity index is 1430. The molecule has 4 heterocycles. The lowest BCUT2D eigenvalue weighted by atomic mass is 9.88. The topological polar surface area (TPSA) is 121 Å². The summed E-state index contributed by atoms with van der Waals surface area (Å²) in [6.45, 7) is 8.44. The first-order chi connectivity index (χ1) is 18.8. The zero-order valence-electron chi connectivity index (χ0n) is 21.5. The molecule has 0 aromatic carbocycles. The van der Waals surface area contributed by atoms with E-state index >= 15 is 0 Å². The molecule has 0 unspecified atom stereocenters. The number of aromatic nitrogens is 3. The number of Topliss-reactive ketones (excluding diaryl/α,β-unsaturated/α-hetero) is 1. The summed E-state index contributed by atoms with van der Waals surface area (Å²) in [4.78, 5) is 39.6. The normalized spacial score (nSPS) is 17.1. The first-order valence-electron chi connectivity index (χ1n) is 12.4. The van der Waals surface area contributed by atoms with Crippen molar-refractivity contribution in [1.29, 1.82) is 5.26 Å². The van der Waals surface area contributed by atoms with Crippen LogP contribution in [-0.4, -0.2) is 59.1 Å². The molecule has 2 atom stereocenters. The van der Waals surface area contributed by atoms with Crippen molar-refractivity contribution in [1.82, 2.24) is 15.0 Å². The summed E-state index contributed by atoms with van der Waals surface area (Å²) >= 11 is 7.28. The summed E-state index contributed by atoms with van der Waals surface area (Å²) in [6.07, 6.45) is 3.42. The molecule has 0 aliphatic carbocycles. The molecule has 0 bridgehead atoms. The van der Waals surface area contributed by atoms with Crippen LogP contribution in [0.3, 0.4) is 0 Å². The van der Waals surface area contributed by atoms with Crippen molar-refractivity contribution >= 4 is 39.8 Å². The lowest BCUT2D eigenvalue weighted by Gasteiger charge is -2.38. The van der Waals surface area contributed by atoms with Gasteiger partial charge in [-0.2, -0.15) is 5.26 Å². The predicted molar refractivity (Wildman–Crippen MR) is 146 cm³/mol. The predicted octanol–water partition coefficient (Wildman–Crippen LogP) is 5.35. The van der Waals surface area contributed by atoms with Gasteiger partial charge in [0, 0.05) is 31.4 Å². The minimum atomic E-state index is -0.602. The number of thiazole rings is 1. The number of H-pyrrole nitrogens is 1. The highest BCUT2D eigenvalue weighted by Crippen LogP contribution is 2.37. The molecule has 3 aromatic heterocycles. The van der Waals surface area contributed by atoms with Crippen LogP contribution in [0.1, 0.15) is 51.2 Å². The zero-order chi connectivity index (χ0) is 28.1. The Kier molecular flexibility index (Phi) is 9.12. The molecule has 1 saturated heterocycles. The van der Waals surface area contributed by atoms with Gasteiger partial charge in [0.15, 0.2) is 16.7 Å². The van der Waals surface area contributed by atoms with Crippen LogP contribution in [0.15, 0.2) is 31.0 Å². The van der Waals surface area contributed by atoms with E-state index in [9.17, 15) is 19.2 Å². The number of aromatic amines is 1. The number of ketones is 1. The Morgan fingerprint density at radius 1 is 1.44 bits per heavy atom. The molecule has 3 aromatic rings. The van der Waals surface area contributed by atoms with Gasteiger partial charge in [-0.3, -0.25) is 9.78 Å². The number of nitrogens with zero attached hydrogens (tertiary/aromatic N) is 4. The minimum Gasteiger partial charge on any atom is -0.462 e. The van der Waals surface area contributed by atoms with Crippen LogP contribution in [0.2, 0.25) is 5.02 Å². The number of esters is 1. The van der Waals surface area contributed by atoms with E-state index in [0.29, 0.717) is 30.3 Å². The van der Waals surface area contributed by atoms with Crippen LogP contribution in [0.5, 0.6) is 0 Å². The van der Waals surface area contributed by atoms with E-state index in [1.54, 1.807) is 19.9 Å². The number of rotatable bonds is 10. The summed E-state index contributed by atoms with van der Waals surface area (Å²) in [6, 6.07) is 4.73. The van der Waals surface area contributed by atoms with Crippen molar-refractivity contribution in [2.45, 2.75) is 32.8 Å². The van der Waals surface area contributed by atoms with Crippen LogP contribution in [0.25, 0.3) is 11.4 Å². The van der Waals surface area contributed by atoms with Crippen LogP contribution in [0, 0.1) is 30.0 Å². The Balaban J connectivity index is 1.60. The van der Waals surface area contributed by atoms with Gasteiger partial charge in [0.05, 0.1) is 29.9 Å². The lowest BCUT2D eigenvalue weighted by Crippen LogP contribution is -2.46. The van der Waals surface area contributed by atoms with Gasteiger partial charge in [-0.25, -0.2) is 14.2 Å². The standard InChI is InChI=1S/C27H27ClFN5O4S/c1-4-11-38-20-14-34(10-8-16(20)12-19(35)22-17(13-30)21(28)15(3)32-22)27-33-24(23-18(29)7-6-9-31-23)25(39-27)26(36)37-5-2/h4,6-7,9,16,20,32H,1,5,8,10-12,14H2,2-3H3/t16-,20-/m0/s1. The van der Waals surface area contributed by atoms with E-state index < -0.39 is 11.8 Å². The number of piperidine rings is 1. The number of aryl methyl sites for hydroxylation is 1. The highest BCUT2D eigenvalue weighted by molar-refractivity contribution is 7.17. The van der Waals surface area contributed by atoms with Crippen LogP contribution < -0.4 is 4.90 Å². The minimum absolute atomic E-state index is 0.0313. The maximum atomic E-state index is 14.6. The molecule has 204 valence electrons. The van der Waals surface area contributed by atoms with Crippen molar-refractivity contribution in [2.24, 2.45) is 5.92 Å². The molecule has 39 heavy (non-hydrogen) atoms. The van der Waals surface area contributed by atoms with Crippen molar-refractivity contribution in [3.05, 3.63) is 63.7 Å². The Hall–Kier alpha value is -3.59. The number of halogens is 2. The fourth-order valence-electron chi connectivity index (χ4n) is 4.51. The van der Waals surface area contributed by atoms with Crippen LogP contribution >= 0.6 is 22.9 Å². The van der Waals surface area contributed by atoms with Gasteiger partial charge in [0.1, 0.15) is 28.0 Å². The molecule has 0 saturated carbocycles. The summed E-state index contributed by atoms with van der Waals surface area (Å²) in [5.74, 6) is -1.58. The second-order valence-electron chi connectivity index (χ2n) is 8.94. The zero-order valence-corrected chi connectivity index (χ0v) is 23.1. The average molecular weight is 572 g/mol. The SMILES string of the molecule is C=CCO[C@H]1CN(c2nc(-c3ncccc3F)c(C(=O)OCC)s2)CC[C@H]1CC(=O)c1[nH]c(C)c(Cl)c1C#N. The number of nitrogens with one attached hydrogen (secondary N) is 1. The van der Waals surface area contributed by atoms with Crippen molar-refractivity contribution in [3.8, 4) is 17.5 Å². The summed E-state index contributed by atoms with van der Waals surface area (Å²) < 4.78 is 25.8. The van der Waals surface area contributed by atoms with Crippen molar-refractivity contribution in [3.63, 3.8) is 0 Å². The van der Waals surface area contributed by atoms with E-state index in [0.717, 1.165) is 11.3 Å². The maximum absolute atomic E-state index is 14.6. The van der Waals surface area contributed by atoms with Crippen LogP contribution in [0.4, 0.5) is 9.52 Å². The number of carbonyl (C=O) groups is 2. The molecule has 1 fully saturated rings. The summed E-state index contributed by atoms with van der Waals surface area (Å²) in [5.41, 5.74) is 0.994. The molecule has 1 aliphatic heterocycles. The van der Waals surface area contributed by atoms with Crippen molar-refractivity contribution < 1.29 is 23.5 Å². The molecule has 4 rings (SSSR count). The average Bonchev–Trinajstić information content (AvgIpc) is 3.49. The van der Waals surface area contributed by atoms with Gasteiger partial charge in [-0.1, -0.05) is 29.0 Å². The van der Waals surface area contributed by atoms with Gasteiger partial charge in [0.2, 0.25) is 0 Å². The van der Waals surface area contributed by atoms with Crippen LogP contribution in [-0.2, 0) is 9.47 Å². The van der Waals surface area contributed by atoms with Gasteiger partial charge < -0.3 is 19.4 Å². The van der Waals surface area contributed by atoms with E-state index in [-0.39, 0.29) is 70.0 Å². The molecule has 1 N–H and O–H groups in total. The molecular weight excluding hydrogens is 545 g/mol. The monoisotopic (exact) mass is 571 g/mol. The van der Waals surface area contributed by atoms with E-state index in [2.05, 4.69) is 21.5 Å². The summed E-state index contributed by atoms with van der Waals surface area (Å²) in [7, 11) is 0. The number of pyridine rings is 1. The molecule has 9 nitrogen and oxygen atoms in total. The Morgan fingerprint density at radius 3 is 2.92 bits per heavy atom. The van der Waals surface area contributed by atoms with Gasteiger partial charge >= 0.3 is 5.97 Å². The first-order valence-corrected chi connectivity index (χ1v) is 13.6. The van der Waals surface area contributed by atoms with Crippen molar-refractivity contribution in [2.75, 3.05) is 31.2 Å². The number of nitriles is 1. The fourth-order valence-corrected chi connectivity index (χ4v) is 5.69. The van der Waals surface area contributed by atoms with Gasteiger partial charge in [-0.15, -0.1) is 6.58 Å². The molecule has 0 amide bonds. The van der Waals surface area contributed by atoms with E-state index in [4.69, 9.17) is 21.1 Å². The largest absolute Gasteiger partial charge is 0.462 e. The highest BCUT2D eigenvalue weighted by Gasteiger charge is 2.35. The van der Waals surface area contributed by atoms with Gasteiger partial charge in [0.25, 0.3) is 0 Å². The molecule has 12 heteroatoms. The Morgan fingerprint density at radius 2 is 2.23 bits per heavy atom. The fraction of sp³-hybridized carbons (Fsp3) is 0.370. The third kappa shape index (κ3) is 6.03. The molecule has 0 radical (unpaired) electrons. The lowest BCUT2D eigenvalue weighted by molar-refractivity contribution is 0.0184. The van der Waals surface area contributed by atoms with E-state index in [1.807, 2.05) is 11.0 Å². The third-order valence-electron chi connectivity index (χ3n) is 6.40. The first kappa shape index (κ1) is 28.4. The number of hydrogen-bond acceptors (Lipinski definition) is 9. The van der Waals surface area contributed by atoms with Gasteiger partial charge in [-0.05, 0) is 38.3 Å². The molecular formula is C27H27ClFN5O4S. The van der Waals surface area contributed by atoms with E-state index in [1.165, 1.54) is 18.3 Å². The third-order valence-corrected chi connectivity index (χ3v) is 7.97. The number of carbonyl (C=O) groups excluding carboxylic acids is 2. The molecule has 0 spiro atoms.